The van der Waals surface area contributed by atoms with Gasteiger partial charge in [0.25, 0.3) is 5.91 Å². The zero-order valence-electron chi connectivity index (χ0n) is 12.4. The summed E-state index contributed by atoms with van der Waals surface area (Å²) in [4.78, 5) is 13.3. The van der Waals surface area contributed by atoms with Crippen LogP contribution >= 0.6 is 11.3 Å². The number of methoxy groups -OCH3 is 1. The fourth-order valence-corrected chi connectivity index (χ4v) is 2.86. The van der Waals surface area contributed by atoms with Crippen molar-refractivity contribution >= 4 is 22.9 Å². The lowest BCUT2D eigenvalue weighted by atomic mass is 10.2. The molecule has 2 heterocycles. The van der Waals surface area contributed by atoms with Gasteiger partial charge < -0.3 is 15.2 Å². The van der Waals surface area contributed by atoms with Gasteiger partial charge in [-0.2, -0.15) is 5.10 Å². The van der Waals surface area contributed by atoms with Gasteiger partial charge in [-0.1, -0.05) is 6.07 Å². The number of anilines is 1. The van der Waals surface area contributed by atoms with Crippen molar-refractivity contribution in [2.24, 2.45) is 0 Å². The Balaban J connectivity index is 1.77. The summed E-state index contributed by atoms with van der Waals surface area (Å²) in [5, 5.41) is 20.9. The van der Waals surface area contributed by atoms with Crippen molar-refractivity contribution in [1.82, 2.24) is 10.2 Å². The maximum Gasteiger partial charge on any atom is 0.276 e. The van der Waals surface area contributed by atoms with Gasteiger partial charge in [0.2, 0.25) is 0 Å². The fourth-order valence-electron chi connectivity index (χ4n) is 2.17. The van der Waals surface area contributed by atoms with Crippen molar-refractivity contribution in [2.45, 2.75) is 6.61 Å². The first kappa shape index (κ1) is 15.3. The van der Waals surface area contributed by atoms with Crippen molar-refractivity contribution < 1.29 is 14.6 Å². The third kappa shape index (κ3) is 3.25. The molecule has 0 radical (unpaired) electrons. The summed E-state index contributed by atoms with van der Waals surface area (Å²) in [6.45, 7) is -0.169. The number of hydrogen-bond acceptors (Lipinski definition) is 5. The molecular formula is C16H15N3O3S. The van der Waals surface area contributed by atoms with Gasteiger partial charge in [-0.3, -0.25) is 9.89 Å². The number of aromatic nitrogens is 2. The topological polar surface area (TPSA) is 87.2 Å². The zero-order chi connectivity index (χ0) is 16.2. The molecule has 0 fully saturated rings. The Morgan fingerprint density at radius 2 is 2.26 bits per heavy atom. The maximum absolute atomic E-state index is 12.3. The number of H-pyrrole nitrogens is 1. The molecule has 0 unspecified atom stereocenters. The van der Waals surface area contributed by atoms with Crippen LogP contribution in [0.1, 0.15) is 16.1 Å². The second kappa shape index (κ2) is 6.64. The van der Waals surface area contributed by atoms with Crippen LogP contribution in [0.4, 0.5) is 5.69 Å². The van der Waals surface area contributed by atoms with Gasteiger partial charge in [0.05, 0.1) is 24.3 Å². The minimum absolute atomic E-state index is 0.169. The summed E-state index contributed by atoms with van der Waals surface area (Å²) in [5.74, 6) is 0.253. The molecule has 1 aromatic carbocycles. The Hall–Kier alpha value is -2.64. The van der Waals surface area contributed by atoms with E-state index in [0.717, 1.165) is 10.6 Å². The lowest BCUT2D eigenvalue weighted by Crippen LogP contribution is -2.12. The summed E-state index contributed by atoms with van der Waals surface area (Å²) in [6.07, 6.45) is 0. The highest BCUT2D eigenvalue weighted by atomic mass is 32.1. The number of ether oxygens (including phenoxy) is 1. The molecule has 118 valence electrons. The minimum Gasteiger partial charge on any atom is -0.496 e. The number of aromatic amines is 1. The SMILES string of the molecule is COc1ccc(NC(=O)c2cc(-c3cccs3)[nH]n2)cc1CO. The molecule has 2 aromatic heterocycles. The van der Waals surface area contributed by atoms with Gasteiger partial charge in [0.1, 0.15) is 5.75 Å². The van der Waals surface area contributed by atoms with E-state index in [1.54, 1.807) is 35.6 Å². The van der Waals surface area contributed by atoms with Crippen LogP contribution in [0, 0.1) is 0 Å². The lowest BCUT2D eigenvalue weighted by molar-refractivity contribution is 0.102. The van der Waals surface area contributed by atoms with Crippen LogP contribution in [0.25, 0.3) is 10.6 Å². The predicted octanol–water partition coefficient (Wildman–Crippen LogP) is 2.89. The van der Waals surface area contributed by atoms with E-state index in [0.29, 0.717) is 22.7 Å². The molecule has 0 saturated carbocycles. The first-order chi connectivity index (χ1) is 11.2. The first-order valence-corrected chi connectivity index (χ1v) is 7.77. The van der Waals surface area contributed by atoms with Gasteiger partial charge in [-0.15, -0.1) is 11.3 Å². The third-order valence-corrected chi connectivity index (χ3v) is 4.21. The fraction of sp³-hybridized carbons (Fsp3) is 0.125. The van der Waals surface area contributed by atoms with Crippen molar-refractivity contribution in [3.63, 3.8) is 0 Å². The highest BCUT2D eigenvalue weighted by Gasteiger charge is 2.13. The van der Waals surface area contributed by atoms with Crippen LogP contribution in [0.5, 0.6) is 5.75 Å². The Morgan fingerprint density at radius 3 is 2.96 bits per heavy atom. The van der Waals surface area contributed by atoms with E-state index in [9.17, 15) is 9.90 Å². The smallest absolute Gasteiger partial charge is 0.276 e. The van der Waals surface area contributed by atoms with Crippen molar-refractivity contribution in [2.75, 3.05) is 12.4 Å². The molecule has 3 N–H and O–H groups in total. The molecule has 0 saturated heterocycles. The minimum atomic E-state index is -0.321. The maximum atomic E-state index is 12.3. The highest BCUT2D eigenvalue weighted by Crippen LogP contribution is 2.25. The Bertz CT molecular complexity index is 812. The number of carbonyl (C=O) groups excluding carboxylic acids is 1. The second-order valence-corrected chi connectivity index (χ2v) is 5.73. The average Bonchev–Trinajstić information content (AvgIpc) is 3.25. The van der Waals surface area contributed by atoms with Gasteiger partial charge in [0, 0.05) is 11.3 Å². The number of carbonyl (C=O) groups is 1. The van der Waals surface area contributed by atoms with E-state index >= 15 is 0 Å². The molecule has 0 spiro atoms. The van der Waals surface area contributed by atoms with E-state index in [1.165, 1.54) is 7.11 Å². The summed E-state index contributed by atoms with van der Waals surface area (Å²) in [7, 11) is 1.53. The number of benzene rings is 1. The molecule has 0 aliphatic heterocycles. The van der Waals surface area contributed by atoms with Crippen LogP contribution in [0.2, 0.25) is 0 Å². The molecule has 0 bridgehead atoms. The monoisotopic (exact) mass is 329 g/mol. The van der Waals surface area contributed by atoms with Crippen LogP contribution in [-0.4, -0.2) is 28.3 Å². The van der Waals surface area contributed by atoms with Crippen molar-refractivity contribution in [3.8, 4) is 16.3 Å². The van der Waals surface area contributed by atoms with E-state index in [-0.39, 0.29) is 12.5 Å². The van der Waals surface area contributed by atoms with Crippen LogP contribution in [0.15, 0.2) is 41.8 Å². The van der Waals surface area contributed by atoms with E-state index in [1.807, 2.05) is 17.5 Å². The van der Waals surface area contributed by atoms with E-state index in [2.05, 4.69) is 15.5 Å². The summed E-state index contributed by atoms with van der Waals surface area (Å²) in [5.41, 5.74) is 2.28. The number of rotatable bonds is 5. The summed E-state index contributed by atoms with van der Waals surface area (Å²) >= 11 is 1.57. The number of aliphatic hydroxyl groups is 1. The van der Waals surface area contributed by atoms with Gasteiger partial charge in [-0.05, 0) is 35.7 Å². The van der Waals surface area contributed by atoms with Crippen molar-refractivity contribution in [1.29, 1.82) is 0 Å². The Morgan fingerprint density at radius 1 is 1.39 bits per heavy atom. The molecule has 23 heavy (non-hydrogen) atoms. The van der Waals surface area contributed by atoms with Crippen LogP contribution in [-0.2, 0) is 6.61 Å². The van der Waals surface area contributed by atoms with E-state index < -0.39 is 0 Å². The molecule has 6 nitrogen and oxygen atoms in total. The second-order valence-electron chi connectivity index (χ2n) is 4.78. The van der Waals surface area contributed by atoms with Crippen molar-refractivity contribution in [3.05, 3.63) is 53.0 Å². The molecule has 0 aliphatic carbocycles. The number of nitrogens with zero attached hydrogens (tertiary/aromatic N) is 1. The zero-order valence-corrected chi connectivity index (χ0v) is 13.2. The number of thiophene rings is 1. The summed E-state index contributed by atoms with van der Waals surface area (Å²) < 4.78 is 5.14. The molecule has 3 rings (SSSR count). The Kier molecular flexibility index (Phi) is 4.40. The predicted molar refractivity (Wildman–Crippen MR) is 88.8 cm³/mol. The average molecular weight is 329 g/mol. The molecule has 7 heteroatoms. The number of amides is 1. The number of hydrogen-bond donors (Lipinski definition) is 3. The normalized spacial score (nSPS) is 10.5. The molecule has 0 aliphatic rings. The quantitative estimate of drug-likeness (QED) is 0.672. The lowest BCUT2D eigenvalue weighted by Gasteiger charge is -2.09. The first-order valence-electron chi connectivity index (χ1n) is 6.89. The number of nitrogens with one attached hydrogen (secondary N) is 2. The molecular weight excluding hydrogens is 314 g/mol. The molecule has 0 atom stereocenters. The van der Waals surface area contributed by atoms with Gasteiger partial charge in [0.15, 0.2) is 5.69 Å². The van der Waals surface area contributed by atoms with Gasteiger partial charge >= 0.3 is 0 Å². The van der Waals surface area contributed by atoms with Crippen LogP contribution < -0.4 is 10.1 Å². The summed E-state index contributed by atoms with van der Waals surface area (Å²) in [6, 6.07) is 10.7. The molecule has 3 aromatic rings. The Labute approximate surface area is 136 Å². The number of aliphatic hydroxyl groups excluding tert-OH is 1. The van der Waals surface area contributed by atoms with Gasteiger partial charge in [-0.25, -0.2) is 0 Å². The third-order valence-electron chi connectivity index (χ3n) is 3.31. The van der Waals surface area contributed by atoms with E-state index in [4.69, 9.17) is 4.74 Å². The molecule has 1 amide bonds. The van der Waals surface area contributed by atoms with Crippen LogP contribution in [0.3, 0.4) is 0 Å². The highest BCUT2D eigenvalue weighted by molar-refractivity contribution is 7.13. The largest absolute Gasteiger partial charge is 0.496 e. The standard InChI is InChI=1S/C16H15N3O3S/c1-22-14-5-4-11(7-10(14)9-20)17-16(21)13-8-12(18-19-13)15-3-2-6-23-15/h2-8,20H,9H2,1H3,(H,17,21)(H,18,19).